The van der Waals surface area contributed by atoms with Crippen molar-refractivity contribution in [2.45, 2.75) is 18.7 Å². The van der Waals surface area contributed by atoms with Gasteiger partial charge in [-0.25, -0.2) is 22.7 Å². The van der Waals surface area contributed by atoms with E-state index in [9.17, 15) is 8.42 Å². The number of hydrogen-bond donors (Lipinski definition) is 0. The van der Waals surface area contributed by atoms with Crippen molar-refractivity contribution in [1.82, 2.24) is 9.97 Å². The van der Waals surface area contributed by atoms with E-state index in [1.165, 1.54) is 29.8 Å². The lowest BCUT2D eigenvalue weighted by molar-refractivity contribution is 0.378. The number of benzene rings is 2. The van der Waals surface area contributed by atoms with Crippen LogP contribution in [0.2, 0.25) is 5.15 Å². The molecule has 4 rings (SSSR count). The number of rotatable bonds is 9. The number of aromatic nitrogens is 2. The Labute approximate surface area is 209 Å². The molecular weight excluding hydrogens is 490 g/mol. The summed E-state index contributed by atoms with van der Waals surface area (Å²) in [4.78, 5) is 8.99. The molecule has 0 saturated heterocycles. The molecule has 0 aliphatic carbocycles. The minimum atomic E-state index is -4.04. The largest absolute Gasteiger partial charge is 0.493 e. The molecule has 0 spiro atoms. The number of anilines is 1. The summed E-state index contributed by atoms with van der Waals surface area (Å²) < 4.78 is 45.8. The SMILES string of the molecule is COc1ccccc1Oc1c(Cl)nc(-c2ccco2)nc1N(CC(C)C)S(=O)(=O)c1ccccc1. The second kappa shape index (κ2) is 10.4. The van der Waals surface area contributed by atoms with Crippen LogP contribution in [0.25, 0.3) is 11.6 Å². The summed E-state index contributed by atoms with van der Waals surface area (Å²) in [6.45, 7) is 3.93. The highest BCUT2D eigenvalue weighted by Gasteiger charge is 2.32. The first kappa shape index (κ1) is 24.6. The Hall–Kier alpha value is -3.56. The Morgan fingerprint density at radius 1 is 0.971 bits per heavy atom. The highest BCUT2D eigenvalue weighted by atomic mass is 35.5. The van der Waals surface area contributed by atoms with Crippen molar-refractivity contribution in [3.8, 4) is 28.8 Å². The smallest absolute Gasteiger partial charge is 0.265 e. The zero-order valence-corrected chi connectivity index (χ0v) is 21.0. The summed E-state index contributed by atoms with van der Waals surface area (Å²) >= 11 is 6.59. The molecule has 4 aromatic rings. The van der Waals surface area contributed by atoms with E-state index in [4.69, 9.17) is 25.5 Å². The van der Waals surface area contributed by atoms with Crippen LogP contribution in [-0.2, 0) is 10.0 Å². The Balaban J connectivity index is 1.95. The van der Waals surface area contributed by atoms with Crippen molar-refractivity contribution in [2.24, 2.45) is 5.92 Å². The van der Waals surface area contributed by atoms with Crippen LogP contribution in [0.4, 0.5) is 5.82 Å². The van der Waals surface area contributed by atoms with Gasteiger partial charge in [0.1, 0.15) is 0 Å². The molecule has 0 unspecified atom stereocenters. The number of halogens is 1. The van der Waals surface area contributed by atoms with Gasteiger partial charge >= 0.3 is 0 Å². The van der Waals surface area contributed by atoms with E-state index < -0.39 is 10.0 Å². The van der Waals surface area contributed by atoms with Gasteiger partial charge < -0.3 is 13.9 Å². The third-order valence-electron chi connectivity index (χ3n) is 4.93. The number of methoxy groups -OCH3 is 1. The molecule has 8 nitrogen and oxygen atoms in total. The van der Waals surface area contributed by atoms with Crippen LogP contribution in [0.1, 0.15) is 13.8 Å². The van der Waals surface area contributed by atoms with Crippen molar-refractivity contribution >= 4 is 27.4 Å². The quantitative estimate of drug-likeness (QED) is 0.252. The number of ether oxygens (including phenoxy) is 2. The molecule has 0 atom stereocenters. The van der Waals surface area contributed by atoms with Gasteiger partial charge in [0.15, 0.2) is 34.1 Å². The fourth-order valence-corrected chi connectivity index (χ4v) is 5.15. The summed E-state index contributed by atoms with van der Waals surface area (Å²) in [5, 5.41) is -0.0793. The van der Waals surface area contributed by atoms with E-state index in [1.54, 1.807) is 54.6 Å². The topological polar surface area (TPSA) is 94.8 Å². The molecule has 182 valence electrons. The van der Waals surface area contributed by atoms with Crippen molar-refractivity contribution in [3.05, 3.63) is 78.1 Å². The molecule has 0 N–H and O–H groups in total. The van der Waals surface area contributed by atoms with Gasteiger partial charge in [-0.1, -0.05) is 55.8 Å². The molecule has 10 heteroatoms. The Morgan fingerprint density at radius 2 is 1.66 bits per heavy atom. The van der Waals surface area contributed by atoms with Crippen LogP contribution >= 0.6 is 11.6 Å². The van der Waals surface area contributed by atoms with Gasteiger partial charge in [0.05, 0.1) is 18.3 Å². The number of hydrogen-bond acceptors (Lipinski definition) is 7. The highest BCUT2D eigenvalue weighted by molar-refractivity contribution is 7.92. The van der Waals surface area contributed by atoms with Crippen molar-refractivity contribution in [3.63, 3.8) is 0 Å². The fraction of sp³-hybridized carbons (Fsp3) is 0.200. The van der Waals surface area contributed by atoms with Crippen LogP contribution in [0.15, 0.2) is 82.3 Å². The number of para-hydroxylation sites is 2. The lowest BCUT2D eigenvalue weighted by Gasteiger charge is -2.27. The molecular formula is C25H24ClN3O5S. The predicted molar refractivity (Wildman–Crippen MR) is 134 cm³/mol. The fourth-order valence-electron chi connectivity index (χ4n) is 3.35. The van der Waals surface area contributed by atoms with Gasteiger partial charge in [0, 0.05) is 6.54 Å². The zero-order chi connectivity index (χ0) is 25.0. The molecule has 2 aromatic carbocycles. The zero-order valence-electron chi connectivity index (χ0n) is 19.4. The summed E-state index contributed by atoms with van der Waals surface area (Å²) in [7, 11) is -2.53. The maximum absolute atomic E-state index is 13.8. The third kappa shape index (κ3) is 5.26. The lowest BCUT2D eigenvalue weighted by Crippen LogP contribution is -2.35. The number of furan rings is 1. The van der Waals surface area contributed by atoms with Gasteiger partial charge in [-0.15, -0.1) is 0 Å². The van der Waals surface area contributed by atoms with Gasteiger partial charge in [0.2, 0.25) is 5.75 Å². The Kier molecular flexibility index (Phi) is 7.28. The maximum atomic E-state index is 13.8. The number of sulfonamides is 1. The third-order valence-corrected chi connectivity index (χ3v) is 6.95. The molecule has 0 fully saturated rings. The monoisotopic (exact) mass is 513 g/mol. The van der Waals surface area contributed by atoms with Gasteiger partial charge in [0.25, 0.3) is 10.0 Å². The first-order chi connectivity index (χ1) is 16.8. The second-order valence-corrected chi connectivity index (χ2v) is 10.2. The summed E-state index contributed by atoms with van der Waals surface area (Å²) in [5.74, 6) is 1.14. The molecule has 2 aromatic heterocycles. The van der Waals surface area contributed by atoms with Crippen molar-refractivity contribution in [2.75, 3.05) is 18.0 Å². The molecule has 35 heavy (non-hydrogen) atoms. The van der Waals surface area contributed by atoms with Gasteiger partial charge in [-0.3, -0.25) is 0 Å². The number of nitrogens with zero attached hydrogens (tertiary/aromatic N) is 3. The van der Waals surface area contributed by atoms with E-state index in [1.807, 2.05) is 13.8 Å². The van der Waals surface area contributed by atoms with E-state index in [0.29, 0.717) is 17.3 Å². The van der Waals surface area contributed by atoms with Crippen molar-refractivity contribution < 1.29 is 22.3 Å². The summed E-state index contributed by atoms with van der Waals surface area (Å²) in [5.41, 5.74) is 0. The van der Waals surface area contributed by atoms with E-state index >= 15 is 0 Å². The molecule has 0 aliphatic rings. The molecule has 2 heterocycles. The van der Waals surface area contributed by atoms with Gasteiger partial charge in [-0.05, 0) is 42.3 Å². The summed E-state index contributed by atoms with van der Waals surface area (Å²) in [6.07, 6.45) is 1.47. The minimum Gasteiger partial charge on any atom is -0.493 e. The average Bonchev–Trinajstić information content (AvgIpc) is 3.39. The Morgan fingerprint density at radius 3 is 2.29 bits per heavy atom. The molecule has 0 amide bonds. The maximum Gasteiger partial charge on any atom is 0.265 e. The molecule has 0 saturated carbocycles. The van der Waals surface area contributed by atoms with Crippen LogP contribution < -0.4 is 13.8 Å². The van der Waals surface area contributed by atoms with Crippen LogP contribution in [0.5, 0.6) is 17.2 Å². The van der Waals surface area contributed by atoms with Crippen LogP contribution in [0.3, 0.4) is 0 Å². The molecule has 0 aliphatic heterocycles. The normalized spacial score (nSPS) is 11.5. The standard InChI is InChI=1S/C25H24ClN3O5S/c1-17(2)16-29(35(30,31)18-10-5-4-6-11-18)25-22(34-20-13-8-7-12-19(20)32-3)23(26)27-24(28-25)21-14-9-15-33-21/h4-15,17H,16H2,1-3H3. The Bertz CT molecular complexity index is 1390. The average molecular weight is 514 g/mol. The van der Waals surface area contributed by atoms with E-state index in [0.717, 1.165) is 0 Å². The van der Waals surface area contributed by atoms with Gasteiger partial charge in [-0.2, -0.15) is 0 Å². The van der Waals surface area contributed by atoms with Crippen molar-refractivity contribution in [1.29, 1.82) is 0 Å². The highest BCUT2D eigenvalue weighted by Crippen LogP contribution is 2.42. The molecule has 0 bridgehead atoms. The lowest BCUT2D eigenvalue weighted by atomic mass is 10.2. The first-order valence-electron chi connectivity index (χ1n) is 10.8. The predicted octanol–water partition coefficient (Wildman–Crippen LogP) is 6.04. The molecule has 0 radical (unpaired) electrons. The van der Waals surface area contributed by atoms with E-state index in [2.05, 4.69) is 9.97 Å². The van der Waals surface area contributed by atoms with Crippen LogP contribution in [0, 0.1) is 5.92 Å². The van der Waals surface area contributed by atoms with E-state index in [-0.39, 0.29) is 39.9 Å². The summed E-state index contributed by atoms with van der Waals surface area (Å²) in [6, 6.07) is 18.4. The first-order valence-corrected chi connectivity index (χ1v) is 12.6. The minimum absolute atomic E-state index is 0.0140. The second-order valence-electron chi connectivity index (χ2n) is 7.96. The van der Waals surface area contributed by atoms with Crippen LogP contribution in [-0.4, -0.2) is 32.0 Å².